The fourth-order valence-electron chi connectivity index (χ4n) is 4.75. The molecular formula is C33H58N4OS2. The minimum Gasteiger partial charge on any atom is -0.507 e. The number of hydrogen-bond acceptors (Lipinski definition) is 7. The van der Waals surface area contributed by atoms with Crippen LogP contribution in [0.3, 0.4) is 0 Å². The molecule has 7 heteroatoms. The Morgan fingerprint density at radius 2 is 1.27 bits per heavy atom. The van der Waals surface area contributed by atoms with Gasteiger partial charge in [-0.05, 0) is 47.8 Å². The predicted molar refractivity (Wildman–Crippen MR) is 182 cm³/mol. The molecular weight excluding hydrogens is 533 g/mol. The molecule has 0 fully saturated rings. The zero-order valence-electron chi connectivity index (χ0n) is 26.8. The van der Waals surface area contributed by atoms with Crippen LogP contribution in [0.4, 0.5) is 5.69 Å². The maximum absolute atomic E-state index is 11.2. The molecule has 1 aliphatic rings. The van der Waals surface area contributed by atoms with Crippen molar-refractivity contribution in [3.05, 3.63) is 23.3 Å². The van der Waals surface area contributed by atoms with Crippen LogP contribution in [0.5, 0.6) is 5.75 Å². The van der Waals surface area contributed by atoms with Crippen LogP contribution in [0.25, 0.3) is 0 Å². The topological polar surface area (TPSA) is 60.2 Å². The van der Waals surface area contributed by atoms with Gasteiger partial charge in [-0.1, -0.05) is 131 Å². The van der Waals surface area contributed by atoms with Gasteiger partial charge >= 0.3 is 0 Å². The second-order valence-electron chi connectivity index (χ2n) is 13.2. The molecule has 1 aliphatic heterocycles. The standard InChI is InChI=1S/C33H58N4OS2/c1-9-11-13-15-17-19-21-39-31-34-25-37(40-22-20-18-16-14-12-10-2)30(36-31)35-26-23-27(32(3,4)5)29(38)28(24-26)33(6,7)8/h23-25,30,35,38H,9-22H2,1-8H3. The first kappa shape index (κ1) is 34.9. The number of hydrogen-bond donors (Lipinski definition) is 2. The van der Waals surface area contributed by atoms with E-state index >= 15 is 0 Å². The van der Waals surface area contributed by atoms with Gasteiger partial charge in [-0.25, -0.2) is 9.98 Å². The molecule has 1 aromatic rings. The van der Waals surface area contributed by atoms with Crippen molar-refractivity contribution in [3.63, 3.8) is 0 Å². The zero-order chi connectivity index (χ0) is 29.6. The van der Waals surface area contributed by atoms with Gasteiger partial charge in [-0.2, -0.15) is 0 Å². The van der Waals surface area contributed by atoms with Crippen molar-refractivity contribution in [2.24, 2.45) is 9.98 Å². The monoisotopic (exact) mass is 590 g/mol. The zero-order valence-corrected chi connectivity index (χ0v) is 28.4. The lowest BCUT2D eigenvalue weighted by Crippen LogP contribution is -2.37. The highest BCUT2D eigenvalue weighted by atomic mass is 32.2. The average molecular weight is 591 g/mol. The van der Waals surface area contributed by atoms with E-state index < -0.39 is 0 Å². The number of phenols is 1. The van der Waals surface area contributed by atoms with Crippen molar-refractivity contribution in [1.29, 1.82) is 0 Å². The summed E-state index contributed by atoms with van der Waals surface area (Å²) in [6.07, 6.45) is 17.3. The van der Waals surface area contributed by atoms with Gasteiger partial charge in [0.15, 0.2) is 5.17 Å². The first-order valence-electron chi connectivity index (χ1n) is 15.8. The Morgan fingerprint density at radius 1 is 0.775 bits per heavy atom. The molecule has 0 radical (unpaired) electrons. The first-order chi connectivity index (χ1) is 19.0. The lowest BCUT2D eigenvalue weighted by molar-refractivity contribution is 0.423. The highest BCUT2D eigenvalue weighted by molar-refractivity contribution is 8.13. The molecule has 0 spiro atoms. The van der Waals surface area contributed by atoms with E-state index in [1.807, 2.05) is 18.3 Å². The Balaban J connectivity index is 2.16. The predicted octanol–water partition coefficient (Wildman–Crippen LogP) is 10.5. The number of unbranched alkanes of at least 4 members (excludes halogenated alkanes) is 10. The molecule has 1 unspecified atom stereocenters. The third-order valence-corrected chi connectivity index (χ3v) is 9.27. The van der Waals surface area contributed by atoms with Gasteiger partial charge in [-0.3, -0.25) is 4.31 Å². The number of amidine groups is 1. The summed E-state index contributed by atoms with van der Waals surface area (Å²) in [5.74, 6) is 2.52. The van der Waals surface area contributed by atoms with Crippen LogP contribution in [0.15, 0.2) is 22.1 Å². The molecule has 1 atom stereocenters. The van der Waals surface area contributed by atoms with Crippen molar-refractivity contribution in [2.75, 3.05) is 16.8 Å². The minimum absolute atomic E-state index is 0.177. The van der Waals surface area contributed by atoms with Crippen LogP contribution >= 0.6 is 23.7 Å². The summed E-state index contributed by atoms with van der Waals surface area (Å²) >= 11 is 3.58. The minimum atomic E-state index is -0.236. The van der Waals surface area contributed by atoms with Gasteiger partial charge < -0.3 is 10.4 Å². The van der Waals surface area contributed by atoms with Crippen LogP contribution in [0.2, 0.25) is 0 Å². The molecule has 0 aromatic heterocycles. The van der Waals surface area contributed by atoms with Gasteiger partial charge in [-0.15, -0.1) is 0 Å². The van der Waals surface area contributed by atoms with E-state index in [2.05, 4.69) is 77.1 Å². The Morgan fingerprint density at radius 3 is 1.80 bits per heavy atom. The lowest BCUT2D eigenvalue weighted by Gasteiger charge is -2.32. The summed E-state index contributed by atoms with van der Waals surface area (Å²) in [6.45, 7) is 17.5. The number of nitrogens with zero attached hydrogens (tertiary/aromatic N) is 3. The van der Waals surface area contributed by atoms with Gasteiger partial charge in [0.05, 0.1) is 0 Å². The maximum atomic E-state index is 11.2. The summed E-state index contributed by atoms with van der Waals surface area (Å²) in [6, 6.07) is 4.21. The molecule has 2 rings (SSSR count). The molecule has 1 aromatic carbocycles. The third-order valence-electron chi connectivity index (χ3n) is 7.24. The van der Waals surface area contributed by atoms with E-state index in [9.17, 15) is 5.11 Å². The molecule has 0 amide bonds. The van der Waals surface area contributed by atoms with Crippen LogP contribution in [-0.4, -0.2) is 38.7 Å². The van der Waals surface area contributed by atoms with Crippen molar-refractivity contribution in [1.82, 2.24) is 4.31 Å². The van der Waals surface area contributed by atoms with Gasteiger partial charge in [0, 0.05) is 28.3 Å². The molecule has 40 heavy (non-hydrogen) atoms. The van der Waals surface area contributed by atoms with E-state index in [1.54, 1.807) is 11.8 Å². The Labute approximate surface area is 255 Å². The second-order valence-corrected chi connectivity index (χ2v) is 15.3. The van der Waals surface area contributed by atoms with Gasteiger partial charge in [0.2, 0.25) is 6.29 Å². The van der Waals surface area contributed by atoms with E-state index in [0.717, 1.165) is 33.5 Å². The maximum Gasteiger partial charge on any atom is 0.209 e. The number of thioether (sulfide) groups is 1. The van der Waals surface area contributed by atoms with E-state index in [0.29, 0.717) is 5.75 Å². The molecule has 1 heterocycles. The fraction of sp³-hybridized carbons (Fsp3) is 0.758. The highest BCUT2D eigenvalue weighted by Crippen LogP contribution is 2.41. The number of phenolic OH excluding ortho intramolecular Hbond substituents is 1. The van der Waals surface area contributed by atoms with Gasteiger partial charge in [0.25, 0.3) is 0 Å². The molecule has 228 valence electrons. The van der Waals surface area contributed by atoms with Crippen molar-refractivity contribution in [2.45, 2.75) is 150 Å². The summed E-state index contributed by atoms with van der Waals surface area (Å²) in [7, 11) is 0. The largest absolute Gasteiger partial charge is 0.507 e. The quantitative estimate of drug-likeness (QED) is 0.107. The highest BCUT2D eigenvalue weighted by Gasteiger charge is 2.28. The number of aliphatic imine (C=N–C) groups is 2. The fourth-order valence-corrected chi connectivity index (χ4v) is 6.47. The van der Waals surface area contributed by atoms with E-state index in [-0.39, 0.29) is 17.1 Å². The van der Waals surface area contributed by atoms with Crippen molar-refractivity contribution >= 4 is 40.9 Å². The first-order valence-corrected chi connectivity index (χ1v) is 17.7. The van der Waals surface area contributed by atoms with E-state index in [4.69, 9.17) is 9.98 Å². The smallest absolute Gasteiger partial charge is 0.209 e. The number of nitrogens with one attached hydrogen (secondary N) is 1. The van der Waals surface area contributed by atoms with Crippen LogP contribution in [0.1, 0.15) is 144 Å². The molecule has 0 bridgehead atoms. The Kier molecular flexibility index (Phi) is 15.3. The number of aromatic hydroxyl groups is 1. The Bertz CT molecular complexity index is 898. The summed E-state index contributed by atoms with van der Waals surface area (Å²) in [5, 5.41) is 15.8. The number of benzene rings is 1. The molecule has 0 saturated heterocycles. The molecule has 0 saturated carbocycles. The summed E-state index contributed by atoms with van der Waals surface area (Å²) < 4.78 is 2.17. The van der Waals surface area contributed by atoms with Crippen molar-refractivity contribution in [3.8, 4) is 5.75 Å². The summed E-state index contributed by atoms with van der Waals surface area (Å²) in [4.78, 5) is 9.79. The molecule has 5 nitrogen and oxygen atoms in total. The van der Waals surface area contributed by atoms with Crippen molar-refractivity contribution < 1.29 is 5.11 Å². The normalized spacial score (nSPS) is 15.9. The average Bonchev–Trinajstić information content (AvgIpc) is 2.88. The number of anilines is 1. The SMILES string of the molecule is CCCCCCCCSC1=NC(Nc2cc(C(C)(C)C)c(O)c(C(C)(C)C)c2)N(SCCCCCCCC)C=N1. The number of rotatable bonds is 17. The van der Waals surface area contributed by atoms with Gasteiger partial charge in [0.1, 0.15) is 12.1 Å². The lowest BCUT2D eigenvalue weighted by atomic mass is 9.79. The molecule has 2 N–H and O–H groups in total. The summed E-state index contributed by atoms with van der Waals surface area (Å²) in [5.41, 5.74) is 2.55. The van der Waals surface area contributed by atoms with E-state index in [1.165, 1.54) is 77.0 Å². The van der Waals surface area contributed by atoms with Crippen LogP contribution in [-0.2, 0) is 10.8 Å². The second kappa shape index (κ2) is 17.6. The van der Waals surface area contributed by atoms with Crippen LogP contribution < -0.4 is 5.32 Å². The van der Waals surface area contributed by atoms with Crippen LogP contribution in [0, 0.1) is 0 Å². The Hall–Kier alpha value is -1.34. The molecule has 0 aliphatic carbocycles. The third kappa shape index (κ3) is 12.3.